The molecule has 3 rings (SSSR count). The molecule has 0 spiro atoms. The molecule has 0 unspecified atom stereocenters. The van der Waals surface area contributed by atoms with Crippen molar-refractivity contribution in [1.29, 1.82) is 0 Å². The molecule has 1 aliphatic rings. The molecule has 0 bridgehead atoms. The normalized spacial score (nSPS) is 16.2. The Morgan fingerprint density at radius 3 is 2.55 bits per heavy atom. The first kappa shape index (κ1) is 22.0. The van der Waals surface area contributed by atoms with Crippen LogP contribution < -0.4 is 19.7 Å². The van der Waals surface area contributed by atoms with Gasteiger partial charge in [-0.15, -0.1) is 0 Å². The van der Waals surface area contributed by atoms with Crippen molar-refractivity contribution in [3.63, 3.8) is 0 Å². The number of carbonyl (C=O) groups excluding carboxylic acids is 3. The van der Waals surface area contributed by atoms with Crippen molar-refractivity contribution in [3.8, 4) is 11.5 Å². The molecule has 1 saturated heterocycles. The Balaban J connectivity index is 2.08. The minimum absolute atomic E-state index is 0.0407. The second-order valence-corrected chi connectivity index (χ2v) is 7.33. The summed E-state index contributed by atoms with van der Waals surface area (Å²) < 4.78 is 11.4. The average molecular weight is 489 g/mol. The Morgan fingerprint density at radius 2 is 1.90 bits per heavy atom. The third-order valence-corrected chi connectivity index (χ3v) is 4.83. The van der Waals surface area contributed by atoms with Crippen LogP contribution in [0.4, 0.5) is 10.5 Å². The van der Waals surface area contributed by atoms with Crippen molar-refractivity contribution < 1.29 is 33.8 Å². The van der Waals surface area contributed by atoms with E-state index in [9.17, 15) is 19.2 Å². The highest BCUT2D eigenvalue weighted by molar-refractivity contribution is 9.10. The molecule has 31 heavy (non-hydrogen) atoms. The van der Waals surface area contributed by atoms with E-state index in [2.05, 4.69) is 21.2 Å². The fourth-order valence-corrected chi connectivity index (χ4v) is 3.21. The Morgan fingerprint density at radius 1 is 1.19 bits per heavy atom. The quantitative estimate of drug-likeness (QED) is 0.473. The zero-order chi connectivity index (χ0) is 22.7. The van der Waals surface area contributed by atoms with E-state index in [4.69, 9.17) is 14.6 Å². The number of ether oxygens (including phenoxy) is 2. The Hall–Kier alpha value is -3.66. The molecular formula is C21H17BrN2O7. The van der Waals surface area contributed by atoms with Gasteiger partial charge in [0.05, 0.1) is 12.8 Å². The minimum atomic E-state index is -1.22. The highest BCUT2D eigenvalue weighted by atomic mass is 79.9. The predicted molar refractivity (Wildman–Crippen MR) is 114 cm³/mol. The lowest BCUT2D eigenvalue weighted by molar-refractivity contribution is -0.144. The Kier molecular flexibility index (Phi) is 6.40. The molecule has 0 radical (unpaired) electrons. The number of nitrogens with one attached hydrogen (secondary N) is 1. The number of methoxy groups -OCH3 is 1. The summed E-state index contributed by atoms with van der Waals surface area (Å²) in [5.74, 6) is -2.68. The number of imide groups is 2. The van der Waals surface area contributed by atoms with Crippen LogP contribution in [0.15, 0.2) is 52.5 Å². The summed E-state index contributed by atoms with van der Waals surface area (Å²) in [6.45, 7) is 1.33. The number of hydrogen-bond acceptors (Lipinski definition) is 6. The Bertz CT molecular complexity index is 1110. The molecule has 1 heterocycles. The molecule has 0 aromatic heterocycles. The fourth-order valence-electron chi connectivity index (χ4n) is 2.82. The number of urea groups is 1. The molecule has 0 aliphatic carbocycles. The molecule has 1 fully saturated rings. The number of halogens is 1. The maximum atomic E-state index is 13.1. The molecule has 10 heteroatoms. The SMILES string of the molecule is COc1cccc(/C=C2\C(=O)NC(=O)N(c3cccc(Br)c3)C2=O)c1O[C@H](C)C(=O)O. The van der Waals surface area contributed by atoms with Crippen molar-refractivity contribution in [1.82, 2.24) is 5.32 Å². The number of nitrogens with zero attached hydrogens (tertiary/aromatic N) is 1. The number of rotatable bonds is 6. The third kappa shape index (κ3) is 4.58. The first-order chi connectivity index (χ1) is 14.7. The molecular weight excluding hydrogens is 472 g/mol. The van der Waals surface area contributed by atoms with E-state index >= 15 is 0 Å². The fraction of sp³-hybridized carbons (Fsp3) is 0.143. The molecule has 9 nitrogen and oxygen atoms in total. The summed E-state index contributed by atoms with van der Waals surface area (Å²) in [6, 6.07) is 10.2. The number of para-hydroxylation sites is 1. The van der Waals surface area contributed by atoms with E-state index in [0.717, 1.165) is 4.90 Å². The standard InChI is InChI=1S/C21H17BrN2O7/c1-11(20(27)28)31-17-12(5-3-8-16(17)30-2)9-15-18(25)23-21(29)24(19(15)26)14-7-4-6-13(22)10-14/h3-11H,1-2H3,(H,27,28)(H,23,25,29)/b15-9+/t11-/m1/s1. The van der Waals surface area contributed by atoms with Gasteiger partial charge in [0.2, 0.25) is 0 Å². The van der Waals surface area contributed by atoms with Crippen molar-refractivity contribution in [2.45, 2.75) is 13.0 Å². The first-order valence-corrected chi connectivity index (χ1v) is 9.75. The smallest absolute Gasteiger partial charge is 0.344 e. The lowest BCUT2D eigenvalue weighted by Crippen LogP contribution is -2.54. The summed E-state index contributed by atoms with van der Waals surface area (Å²) in [5.41, 5.74) is 0.159. The van der Waals surface area contributed by atoms with Gasteiger partial charge in [0.1, 0.15) is 5.57 Å². The van der Waals surface area contributed by atoms with Gasteiger partial charge in [0, 0.05) is 10.0 Å². The number of benzene rings is 2. The lowest BCUT2D eigenvalue weighted by Gasteiger charge is -2.26. The van der Waals surface area contributed by atoms with E-state index in [1.54, 1.807) is 36.4 Å². The number of anilines is 1. The van der Waals surface area contributed by atoms with Crippen molar-refractivity contribution in [2.75, 3.05) is 12.0 Å². The van der Waals surface area contributed by atoms with E-state index in [1.807, 2.05) is 0 Å². The van der Waals surface area contributed by atoms with Gasteiger partial charge < -0.3 is 14.6 Å². The van der Waals surface area contributed by atoms with Crippen LogP contribution in [0, 0.1) is 0 Å². The van der Waals surface area contributed by atoms with Crippen LogP contribution in [0.2, 0.25) is 0 Å². The largest absolute Gasteiger partial charge is 0.493 e. The van der Waals surface area contributed by atoms with Gasteiger partial charge in [-0.2, -0.15) is 0 Å². The molecule has 1 aliphatic heterocycles. The predicted octanol–water partition coefficient (Wildman–Crippen LogP) is 2.98. The number of hydrogen-bond donors (Lipinski definition) is 2. The number of carboxylic acids is 1. The van der Waals surface area contributed by atoms with Crippen molar-refractivity contribution in [3.05, 3.63) is 58.1 Å². The average Bonchev–Trinajstić information content (AvgIpc) is 2.71. The molecule has 2 aromatic carbocycles. The summed E-state index contributed by atoms with van der Waals surface area (Å²) in [5, 5.41) is 11.3. The van der Waals surface area contributed by atoms with Gasteiger partial charge in [-0.1, -0.05) is 34.1 Å². The topological polar surface area (TPSA) is 122 Å². The number of carboxylic acid groups (broad SMARTS) is 1. The second kappa shape index (κ2) is 9.00. The van der Waals surface area contributed by atoms with Crippen LogP contribution in [-0.4, -0.2) is 42.1 Å². The van der Waals surface area contributed by atoms with E-state index in [-0.39, 0.29) is 28.3 Å². The summed E-state index contributed by atoms with van der Waals surface area (Å²) in [7, 11) is 1.37. The molecule has 4 amide bonds. The number of carbonyl (C=O) groups is 4. The van der Waals surface area contributed by atoms with E-state index < -0.39 is 29.9 Å². The minimum Gasteiger partial charge on any atom is -0.493 e. The van der Waals surface area contributed by atoms with Gasteiger partial charge >= 0.3 is 12.0 Å². The molecule has 2 N–H and O–H groups in total. The molecule has 160 valence electrons. The molecule has 0 saturated carbocycles. The number of aliphatic carboxylic acids is 1. The van der Waals surface area contributed by atoms with Gasteiger partial charge in [0.15, 0.2) is 17.6 Å². The van der Waals surface area contributed by atoms with Crippen LogP contribution in [0.1, 0.15) is 12.5 Å². The molecule has 2 aromatic rings. The summed E-state index contributed by atoms with van der Waals surface area (Å²) in [4.78, 5) is 49.9. The van der Waals surface area contributed by atoms with Gasteiger partial charge in [-0.3, -0.25) is 14.9 Å². The van der Waals surface area contributed by atoms with Crippen LogP contribution >= 0.6 is 15.9 Å². The molecule has 1 atom stereocenters. The summed E-state index contributed by atoms with van der Waals surface area (Å²) >= 11 is 3.28. The van der Waals surface area contributed by atoms with Gasteiger partial charge in [0.25, 0.3) is 11.8 Å². The second-order valence-electron chi connectivity index (χ2n) is 6.41. The van der Waals surface area contributed by atoms with Crippen LogP contribution in [0.5, 0.6) is 11.5 Å². The van der Waals surface area contributed by atoms with Crippen LogP contribution in [0.3, 0.4) is 0 Å². The van der Waals surface area contributed by atoms with Gasteiger partial charge in [-0.05, 0) is 37.3 Å². The van der Waals surface area contributed by atoms with Crippen molar-refractivity contribution >= 4 is 51.5 Å². The highest BCUT2D eigenvalue weighted by Crippen LogP contribution is 2.34. The van der Waals surface area contributed by atoms with Gasteiger partial charge in [-0.25, -0.2) is 14.5 Å². The zero-order valence-corrected chi connectivity index (χ0v) is 18.0. The maximum absolute atomic E-state index is 13.1. The monoisotopic (exact) mass is 488 g/mol. The van der Waals surface area contributed by atoms with E-state index in [0.29, 0.717) is 4.47 Å². The third-order valence-electron chi connectivity index (χ3n) is 4.34. The van der Waals surface area contributed by atoms with Crippen LogP contribution in [0.25, 0.3) is 6.08 Å². The van der Waals surface area contributed by atoms with E-state index in [1.165, 1.54) is 26.2 Å². The number of barbiturate groups is 1. The maximum Gasteiger partial charge on any atom is 0.344 e. The summed E-state index contributed by atoms with van der Waals surface area (Å²) in [6.07, 6.45) is 0.00528. The van der Waals surface area contributed by atoms with Crippen molar-refractivity contribution in [2.24, 2.45) is 0 Å². The first-order valence-electron chi connectivity index (χ1n) is 8.96. The highest BCUT2D eigenvalue weighted by Gasteiger charge is 2.37. The van der Waals surface area contributed by atoms with Crippen LogP contribution in [-0.2, 0) is 14.4 Å². The zero-order valence-electron chi connectivity index (χ0n) is 16.4. The number of amides is 4. The lowest BCUT2D eigenvalue weighted by atomic mass is 10.1. The Labute approximate surface area is 185 Å².